The van der Waals surface area contributed by atoms with E-state index < -0.39 is 6.04 Å². The molecular formula is C15H23N3O2. The van der Waals surface area contributed by atoms with E-state index in [4.69, 9.17) is 5.73 Å². The topological polar surface area (TPSA) is 84.2 Å². The number of amides is 2. The van der Waals surface area contributed by atoms with Crippen molar-refractivity contribution < 1.29 is 9.59 Å². The van der Waals surface area contributed by atoms with E-state index in [1.807, 2.05) is 32.9 Å². The predicted octanol–water partition coefficient (Wildman–Crippen LogP) is 0.824. The van der Waals surface area contributed by atoms with Crippen LogP contribution in [0.5, 0.6) is 0 Å². The lowest BCUT2D eigenvalue weighted by molar-refractivity contribution is -0.123. The molecule has 0 bridgehead atoms. The van der Waals surface area contributed by atoms with Crippen molar-refractivity contribution in [3.05, 3.63) is 35.4 Å². The maximum absolute atomic E-state index is 11.8. The molecule has 0 saturated carbocycles. The third kappa shape index (κ3) is 5.01. The minimum absolute atomic E-state index is 0.0946. The fourth-order valence-electron chi connectivity index (χ4n) is 1.59. The Morgan fingerprint density at radius 3 is 2.20 bits per heavy atom. The van der Waals surface area contributed by atoms with Gasteiger partial charge in [0.15, 0.2) is 0 Å². The average Bonchev–Trinajstić information content (AvgIpc) is 2.42. The maximum Gasteiger partial charge on any atom is 0.251 e. The number of carbonyl (C=O) groups excluding carboxylic acids is 2. The highest BCUT2D eigenvalue weighted by Gasteiger charge is 2.16. The molecule has 0 unspecified atom stereocenters. The maximum atomic E-state index is 11.8. The highest BCUT2D eigenvalue weighted by molar-refractivity contribution is 5.94. The van der Waals surface area contributed by atoms with Crippen LogP contribution in [0.25, 0.3) is 0 Å². The lowest BCUT2D eigenvalue weighted by Gasteiger charge is -2.15. The van der Waals surface area contributed by atoms with Crippen LogP contribution in [0, 0.1) is 12.8 Å². The Morgan fingerprint density at radius 2 is 1.65 bits per heavy atom. The van der Waals surface area contributed by atoms with Crippen molar-refractivity contribution in [3.63, 3.8) is 0 Å². The quantitative estimate of drug-likeness (QED) is 0.673. The number of aryl methyl sites for hydroxylation is 1. The molecule has 0 aliphatic heterocycles. The summed E-state index contributed by atoms with van der Waals surface area (Å²) in [6, 6.07) is 6.81. The van der Waals surface area contributed by atoms with Crippen molar-refractivity contribution in [2.75, 3.05) is 13.1 Å². The van der Waals surface area contributed by atoms with Gasteiger partial charge in [0.25, 0.3) is 5.91 Å². The summed E-state index contributed by atoms with van der Waals surface area (Å²) in [6.45, 7) is 6.50. The lowest BCUT2D eigenvalue weighted by Crippen LogP contribution is -2.46. The number of benzene rings is 1. The van der Waals surface area contributed by atoms with Gasteiger partial charge in [-0.2, -0.15) is 0 Å². The van der Waals surface area contributed by atoms with Crippen LogP contribution in [-0.2, 0) is 4.79 Å². The van der Waals surface area contributed by atoms with Crippen LogP contribution in [0.4, 0.5) is 0 Å². The van der Waals surface area contributed by atoms with E-state index in [0.29, 0.717) is 18.7 Å². The molecule has 0 aliphatic carbocycles. The minimum atomic E-state index is -0.511. The summed E-state index contributed by atoms with van der Waals surface area (Å²) in [7, 11) is 0. The molecule has 0 spiro atoms. The van der Waals surface area contributed by atoms with Crippen LogP contribution < -0.4 is 16.4 Å². The molecule has 0 fully saturated rings. The zero-order chi connectivity index (χ0) is 15.1. The van der Waals surface area contributed by atoms with E-state index in [2.05, 4.69) is 10.6 Å². The van der Waals surface area contributed by atoms with E-state index in [1.54, 1.807) is 12.1 Å². The van der Waals surface area contributed by atoms with Gasteiger partial charge in [0, 0.05) is 18.7 Å². The van der Waals surface area contributed by atoms with Gasteiger partial charge >= 0.3 is 0 Å². The Morgan fingerprint density at radius 1 is 1.10 bits per heavy atom. The summed E-state index contributed by atoms with van der Waals surface area (Å²) in [5.74, 6) is -0.242. The number of carbonyl (C=O) groups is 2. The summed E-state index contributed by atoms with van der Waals surface area (Å²) in [6.07, 6.45) is 0. The van der Waals surface area contributed by atoms with Crippen LogP contribution in [0.3, 0.4) is 0 Å². The molecule has 5 heteroatoms. The largest absolute Gasteiger partial charge is 0.353 e. The first kappa shape index (κ1) is 16.2. The first-order valence-corrected chi connectivity index (χ1v) is 6.80. The fourth-order valence-corrected chi connectivity index (χ4v) is 1.59. The molecule has 1 aromatic rings. The van der Waals surface area contributed by atoms with Crippen molar-refractivity contribution in [3.8, 4) is 0 Å². The Labute approximate surface area is 119 Å². The first-order chi connectivity index (χ1) is 9.41. The van der Waals surface area contributed by atoms with Crippen LogP contribution in [-0.4, -0.2) is 30.9 Å². The normalized spacial score (nSPS) is 12.1. The third-order valence-corrected chi connectivity index (χ3v) is 3.04. The standard InChI is InChI=1S/C15H23N3O2/c1-10(2)13(16)15(20)18-9-8-17-14(19)12-6-4-11(3)5-7-12/h4-7,10,13H,8-9,16H2,1-3H3,(H,17,19)(H,18,20)/t13-/m0/s1. The molecule has 0 radical (unpaired) electrons. The molecule has 2 amide bonds. The second kappa shape index (κ2) is 7.65. The second-order valence-corrected chi connectivity index (χ2v) is 5.18. The van der Waals surface area contributed by atoms with E-state index in [0.717, 1.165) is 5.56 Å². The van der Waals surface area contributed by atoms with Crippen LogP contribution in [0.15, 0.2) is 24.3 Å². The molecule has 1 atom stereocenters. The van der Waals surface area contributed by atoms with E-state index in [-0.39, 0.29) is 17.7 Å². The van der Waals surface area contributed by atoms with Crippen molar-refractivity contribution in [1.82, 2.24) is 10.6 Å². The van der Waals surface area contributed by atoms with Crippen LogP contribution >= 0.6 is 0 Å². The number of nitrogens with two attached hydrogens (primary N) is 1. The molecule has 0 saturated heterocycles. The minimum Gasteiger partial charge on any atom is -0.353 e. The van der Waals surface area contributed by atoms with Crippen LogP contribution in [0.2, 0.25) is 0 Å². The Bertz CT molecular complexity index is 455. The van der Waals surface area contributed by atoms with Crippen molar-refractivity contribution in [2.24, 2.45) is 11.7 Å². The lowest BCUT2D eigenvalue weighted by atomic mass is 10.1. The van der Waals surface area contributed by atoms with E-state index in [1.165, 1.54) is 0 Å². The van der Waals surface area contributed by atoms with Gasteiger partial charge in [0.05, 0.1) is 6.04 Å². The van der Waals surface area contributed by atoms with Crippen LogP contribution in [0.1, 0.15) is 29.8 Å². The van der Waals surface area contributed by atoms with Crippen molar-refractivity contribution >= 4 is 11.8 Å². The van der Waals surface area contributed by atoms with Gasteiger partial charge in [0.2, 0.25) is 5.91 Å². The smallest absolute Gasteiger partial charge is 0.251 e. The third-order valence-electron chi connectivity index (χ3n) is 3.04. The Balaban J connectivity index is 2.29. The summed E-state index contributed by atoms with van der Waals surface area (Å²) in [5, 5.41) is 5.45. The zero-order valence-electron chi connectivity index (χ0n) is 12.3. The molecule has 0 aromatic heterocycles. The molecule has 110 valence electrons. The number of hydrogen-bond acceptors (Lipinski definition) is 3. The fraction of sp³-hybridized carbons (Fsp3) is 0.467. The van der Waals surface area contributed by atoms with Crippen molar-refractivity contribution in [1.29, 1.82) is 0 Å². The first-order valence-electron chi connectivity index (χ1n) is 6.80. The molecule has 1 aromatic carbocycles. The van der Waals surface area contributed by atoms with Gasteiger partial charge in [-0.25, -0.2) is 0 Å². The highest BCUT2D eigenvalue weighted by atomic mass is 16.2. The van der Waals surface area contributed by atoms with E-state index in [9.17, 15) is 9.59 Å². The zero-order valence-corrected chi connectivity index (χ0v) is 12.3. The molecule has 0 aliphatic rings. The molecule has 5 nitrogen and oxygen atoms in total. The van der Waals surface area contributed by atoms with Gasteiger partial charge in [-0.05, 0) is 25.0 Å². The molecule has 0 heterocycles. The number of nitrogens with one attached hydrogen (secondary N) is 2. The SMILES string of the molecule is Cc1ccc(C(=O)NCCNC(=O)[C@@H](N)C(C)C)cc1. The molecule has 1 rings (SSSR count). The highest BCUT2D eigenvalue weighted by Crippen LogP contribution is 2.02. The Hall–Kier alpha value is -1.88. The van der Waals surface area contributed by atoms with Gasteiger partial charge in [0.1, 0.15) is 0 Å². The molecular weight excluding hydrogens is 254 g/mol. The second-order valence-electron chi connectivity index (χ2n) is 5.18. The van der Waals surface area contributed by atoms with Gasteiger partial charge in [-0.1, -0.05) is 31.5 Å². The monoisotopic (exact) mass is 277 g/mol. The average molecular weight is 277 g/mol. The molecule has 20 heavy (non-hydrogen) atoms. The van der Waals surface area contributed by atoms with E-state index >= 15 is 0 Å². The summed E-state index contributed by atoms with van der Waals surface area (Å²) in [4.78, 5) is 23.4. The van der Waals surface area contributed by atoms with Gasteiger partial charge in [-0.15, -0.1) is 0 Å². The number of hydrogen-bond donors (Lipinski definition) is 3. The summed E-state index contributed by atoms with van der Waals surface area (Å²) >= 11 is 0. The number of rotatable bonds is 6. The summed E-state index contributed by atoms with van der Waals surface area (Å²) in [5.41, 5.74) is 7.43. The Kier molecular flexibility index (Phi) is 6.18. The molecule has 4 N–H and O–H groups in total. The van der Waals surface area contributed by atoms with Gasteiger partial charge < -0.3 is 16.4 Å². The van der Waals surface area contributed by atoms with Crippen molar-refractivity contribution in [2.45, 2.75) is 26.8 Å². The summed E-state index contributed by atoms with van der Waals surface area (Å²) < 4.78 is 0. The van der Waals surface area contributed by atoms with Gasteiger partial charge in [-0.3, -0.25) is 9.59 Å². The predicted molar refractivity (Wildman–Crippen MR) is 79.3 cm³/mol.